The van der Waals surface area contributed by atoms with Crippen LogP contribution in [0.5, 0.6) is 0 Å². The van der Waals surface area contributed by atoms with Crippen molar-refractivity contribution in [1.82, 2.24) is 0 Å². The average Bonchev–Trinajstić information content (AvgIpc) is 2.05. The molecule has 1 fully saturated rings. The summed E-state index contributed by atoms with van der Waals surface area (Å²) >= 11 is 0. The van der Waals surface area contributed by atoms with Crippen LogP contribution in [0.3, 0.4) is 0 Å². The second kappa shape index (κ2) is 4.99. The maximum Gasteiger partial charge on any atom is 0.0830 e. The third-order valence-corrected chi connectivity index (χ3v) is 3.01. The Morgan fingerprint density at radius 2 is 2.25 bits per heavy atom. The summed E-state index contributed by atoms with van der Waals surface area (Å²) in [4.78, 5) is 0. The predicted molar refractivity (Wildman–Crippen MR) is 49.3 cm³/mol. The Labute approximate surface area is 77.7 Å². The first-order valence-corrected chi connectivity index (χ1v) is 5.34. The van der Waals surface area contributed by atoms with Gasteiger partial charge in [0.2, 0.25) is 0 Å². The zero-order valence-electron chi connectivity index (χ0n) is 7.62. The molecule has 0 saturated heterocycles. The lowest BCUT2D eigenvalue weighted by Crippen LogP contribution is -2.35. The highest BCUT2D eigenvalue weighted by molar-refractivity contribution is 6.08. The Kier molecular flexibility index (Phi) is 4.25. The Bertz CT molecular complexity index is 130. The van der Waals surface area contributed by atoms with E-state index in [1.165, 1.54) is 12.8 Å². The third kappa shape index (κ3) is 2.57. The largest absolute Gasteiger partial charge is 0.390 e. The summed E-state index contributed by atoms with van der Waals surface area (Å²) in [5.41, 5.74) is 0. The van der Waals surface area contributed by atoms with Gasteiger partial charge in [-0.1, -0.05) is 12.5 Å². The van der Waals surface area contributed by atoms with Gasteiger partial charge in [-0.3, -0.25) is 0 Å². The minimum Gasteiger partial charge on any atom is -0.390 e. The lowest BCUT2D eigenvalue weighted by atomic mass is 9.84. The molecule has 0 aliphatic heterocycles. The van der Waals surface area contributed by atoms with Crippen molar-refractivity contribution in [3.8, 4) is 0 Å². The fourth-order valence-electron chi connectivity index (χ4n) is 1.94. The quantitative estimate of drug-likeness (QED) is 0.668. The second-order valence-corrected chi connectivity index (χ2v) is 4.06. The summed E-state index contributed by atoms with van der Waals surface area (Å²) < 4.78 is 5.17. The van der Waals surface area contributed by atoms with Gasteiger partial charge < -0.3 is 9.84 Å². The molecule has 3 atom stereocenters. The van der Waals surface area contributed by atoms with Gasteiger partial charge in [-0.05, 0) is 25.2 Å². The summed E-state index contributed by atoms with van der Waals surface area (Å²) in [6, 6.07) is 1.04. The van der Waals surface area contributed by atoms with Crippen molar-refractivity contribution in [2.75, 3.05) is 7.11 Å². The normalized spacial score (nSPS) is 36.8. The van der Waals surface area contributed by atoms with Gasteiger partial charge in [-0.25, -0.2) is 0 Å². The van der Waals surface area contributed by atoms with Crippen LogP contribution < -0.4 is 0 Å². The molecule has 0 heterocycles. The molecule has 1 aliphatic rings. The highest BCUT2D eigenvalue weighted by atomic mass is 28.1. The summed E-state index contributed by atoms with van der Waals surface area (Å²) in [5, 5.41) is 9.63. The van der Waals surface area contributed by atoms with E-state index in [-0.39, 0.29) is 12.2 Å². The monoisotopic (exact) mass is 185 g/mol. The SMILES string of the molecule is COC1CCC(CC[Si])CC1O. The molecule has 0 amide bonds. The Balaban J connectivity index is 2.30. The molecular weight excluding hydrogens is 168 g/mol. The van der Waals surface area contributed by atoms with Crippen LogP contribution in [0, 0.1) is 5.92 Å². The summed E-state index contributed by atoms with van der Waals surface area (Å²) in [6.07, 6.45) is 4.12. The van der Waals surface area contributed by atoms with Crippen molar-refractivity contribution in [2.45, 2.75) is 43.9 Å². The molecule has 1 rings (SSSR count). The fraction of sp³-hybridized carbons (Fsp3) is 1.00. The van der Waals surface area contributed by atoms with Crippen molar-refractivity contribution >= 4 is 10.2 Å². The van der Waals surface area contributed by atoms with Crippen LogP contribution in [0.4, 0.5) is 0 Å². The van der Waals surface area contributed by atoms with Gasteiger partial charge in [-0.2, -0.15) is 0 Å². The molecule has 1 saturated carbocycles. The molecular formula is C9H17O2Si. The van der Waals surface area contributed by atoms with Crippen LogP contribution in [-0.4, -0.2) is 34.7 Å². The van der Waals surface area contributed by atoms with Crippen molar-refractivity contribution in [2.24, 2.45) is 5.92 Å². The molecule has 12 heavy (non-hydrogen) atoms. The van der Waals surface area contributed by atoms with Gasteiger partial charge in [0.1, 0.15) is 0 Å². The van der Waals surface area contributed by atoms with Gasteiger partial charge in [0.15, 0.2) is 0 Å². The second-order valence-electron chi connectivity index (χ2n) is 3.56. The van der Waals surface area contributed by atoms with E-state index < -0.39 is 0 Å². The molecule has 69 valence electrons. The number of ether oxygens (including phenoxy) is 1. The van der Waals surface area contributed by atoms with E-state index in [1.54, 1.807) is 7.11 Å². The van der Waals surface area contributed by atoms with Crippen molar-refractivity contribution in [1.29, 1.82) is 0 Å². The first kappa shape index (κ1) is 10.2. The van der Waals surface area contributed by atoms with Crippen LogP contribution in [0.1, 0.15) is 25.7 Å². The van der Waals surface area contributed by atoms with Gasteiger partial charge in [0.05, 0.1) is 12.2 Å². The lowest BCUT2D eigenvalue weighted by Gasteiger charge is -2.31. The molecule has 0 aromatic heterocycles. The van der Waals surface area contributed by atoms with Crippen molar-refractivity contribution in [3.63, 3.8) is 0 Å². The van der Waals surface area contributed by atoms with E-state index >= 15 is 0 Å². The van der Waals surface area contributed by atoms with Gasteiger partial charge in [-0.15, -0.1) is 0 Å². The average molecular weight is 185 g/mol. The van der Waals surface area contributed by atoms with Gasteiger partial charge in [0.25, 0.3) is 0 Å². The molecule has 3 unspecified atom stereocenters. The van der Waals surface area contributed by atoms with Crippen LogP contribution in [-0.2, 0) is 4.74 Å². The van der Waals surface area contributed by atoms with E-state index in [1.807, 2.05) is 0 Å². The zero-order valence-corrected chi connectivity index (χ0v) is 8.62. The van der Waals surface area contributed by atoms with E-state index in [4.69, 9.17) is 4.74 Å². The first-order chi connectivity index (χ1) is 5.77. The molecule has 1 aliphatic carbocycles. The standard InChI is InChI=1S/C9H17O2Si/c1-11-9-3-2-7(4-5-12)6-8(9)10/h7-10H,2-6H2,1H3. The van der Waals surface area contributed by atoms with Gasteiger partial charge in [0, 0.05) is 17.4 Å². The maximum atomic E-state index is 9.63. The molecule has 3 radical (unpaired) electrons. The van der Waals surface area contributed by atoms with Crippen LogP contribution in [0.15, 0.2) is 0 Å². The van der Waals surface area contributed by atoms with E-state index in [9.17, 15) is 5.11 Å². The number of methoxy groups -OCH3 is 1. The fourth-order valence-corrected chi connectivity index (χ4v) is 2.35. The Morgan fingerprint density at radius 3 is 2.75 bits per heavy atom. The molecule has 0 bridgehead atoms. The molecule has 1 N–H and O–H groups in total. The predicted octanol–water partition coefficient (Wildman–Crippen LogP) is 1.14. The van der Waals surface area contributed by atoms with Crippen LogP contribution in [0.25, 0.3) is 0 Å². The number of aliphatic hydroxyl groups is 1. The maximum absolute atomic E-state index is 9.63. The number of aliphatic hydroxyl groups excluding tert-OH is 1. The Morgan fingerprint density at radius 1 is 1.50 bits per heavy atom. The highest BCUT2D eigenvalue weighted by Crippen LogP contribution is 2.29. The highest BCUT2D eigenvalue weighted by Gasteiger charge is 2.28. The van der Waals surface area contributed by atoms with Crippen LogP contribution >= 0.6 is 0 Å². The number of hydrogen-bond acceptors (Lipinski definition) is 2. The molecule has 3 heteroatoms. The summed E-state index contributed by atoms with van der Waals surface area (Å²) in [5.74, 6) is 0.684. The topological polar surface area (TPSA) is 29.5 Å². The molecule has 0 spiro atoms. The minimum absolute atomic E-state index is 0.0796. The minimum atomic E-state index is -0.244. The smallest absolute Gasteiger partial charge is 0.0830 e. The lowest BCUT2D eigenvalue weighted by molar-refractivity contribution is -0.0500. The third-order valence-electron chi connectivity index (χ3n) is 2.72. The Hall–Kier alpha value is 0.137. The summed E-state index contributed by atoms with van der Waals surface area (Å²) in [7, 11) is 5.15. The van der Waals surface area contributed by atoms with Crippen LogP contribution in [0.2, 0.25) is 6.04 Å². The van der Waals surface area contributed by atoms with Crippen molar-refractivity contribution < 1.29 is 9.84 Å². The van der Waals surface area contributed by atoms with E-state index in [0.717, 1.165) is 18.9 Å². The van der Waals surface area contributed by atoms with E-state index in [0.29, 0.717) is 5.92 Å². The summed E-state index contributed by atoms with van der Waals surface area (Å²) in [6.45, 7) is 0. The molecule has 0 aromatic carbocycles. The number of rotatable bonds is 3. The van der Waals surface area contributed by atoms with Crippen molar-refractivity contribution in [3.05, 3.63) is 0 Å². The molecule has 2 nitrogen and oxygen atoms in total. The van der Waals surface area contributed by atoms with Gasteiger partial charge >= 0.3 is 0 Å². The number of hydrogen-bond donors (Lipinski definition) is 1. The zero-order chi connectivity index (χ0) is 8.97. The molecule has 0 aromatic rings. The first-order valence-electron chi connectivity index (χ1n) is 4.63. The van der Waals surface area contributed by atoms with E-state index in [2.05, 4.69) is 10.2 Å².